The highest BCUT2D eigenvalue weighted by molar-refractivity contribution is 5.79. The summed E-state index contributed by atoms with van der Waals surface area (Å²) in [5, 5.41) is 2.73. The first-order chi connectivity index (χ1) is 8.41. The zero-order chi connectivity index (χ0) is 13.8. The van der Waals surface area contributed by atoms with Crippen LogP contribution >= 0.6 is 0 Å². The van der Waals surface area contributed by atoms with E-state index < -0.39 is 17.2 Å². The molecular weight excluding hydrogens is 238 g/mol. The van der Waals surface area contributed by atoms with Crippen molar-refractivity contribution in [1.29, 1.82) is 0 Å². The van der Waals surface area contributed by atoms with Crippen molar-refractivity contribution in [1.82, 2.24) is 5.32 Å². The molecule has 1 amide bonds. The first-order valence-electron chi connectivity index (χ1n) is 5.86. The van der Waals surface area contributed by atoms with E-state index in [-0.39, 0.29) is 17.9 Å². The maximum absolute atomic E-state index is 13.4. The normalized spacial score (nSPS) is 14.1. The van der Waals surface area contributed by atoms with Crippen LogP contribution in [-0.4, -0.2) is 18.0 Å². The van der Waals surface area contributed by atoms with E-state index in [1.54, 1.807) is 0 Å². The smallest absolute Gasteiger partial charge is 0.224 e. The molecule has 0 spiro atoms. The zero-order valence-electron chi connectivity index (χ0n) is 10.6. The van der Waals surface area contributed by atoms with Crippen molar-refractivity contribution in [2.75, 3.05) is 6.54 Å². The van der Waals surface area contributed by atoms with E-state index in [9.17, 15) is 13.6 Å². The molecule has 0 heterocycles. The van der Waals surface area contributed by atoms with Gasteiger partial charge >= 0.3 is 0 Å². The van der Waals surface area contributed by atoms with Crippen LogP contribution in [0.5, 0.6) is 0 Å². The monoisotopic (exact) mass is 256 g/mol. The van der Waals surface area contributed by atoms with Gasteiger partial charge in [-0.2, -0.15) is 0 Å². The van der Waals surface area contributed by atoms with Gasteiger partial charge in [-0.1, -0.05) is 19.1 Å². The largest absolute Gasteiger partial charge is 0.349 e. The molecule has 0 fully saturated rings. The summed E-state index contributed by atoms with van der Waals surface area (Å²) in [7, 11) is 0. The van der Waals surface area contributed by atoms with E-state index in [4.69, 9.17) is 5.73 Å². The number of carbonyl (C=O) groups excluding carboxylic acids is 1. The van der Waals surface area contributed by atoms with E-state index in [0.717, 1.165) is 6.07 Å². The molecule has 0 aliphatic heterocycles. The Labute approximate surface area is 105 Å². The lowest BCUT2D eigenvalue weighted by atomic mass is 9.98. The number of carbonyl (C=O) groups is 1. The highest BCUT2D eigenvalue weighted by Gasteiger charge is 2.23. The summed E-state index contributed by atoms with van der Waals surface area (Å²) >= 11 is 0. The summed E-state index contributed by atoms with van der Waals surface area (Å²) in [6.45, 7) is 4.00. The third-order valence-corrected chi connectivity index (χ3v) is 3.05. The Bertz CT molecular complexity index is 431. The van der Waals surface area contributed by atoms with Crippen LogP contribution in [0.1, 0.15) is 25.8 Å². The van der Waals surface area contributed by atoms with Crippen molar-refractivity contribution >= 4 is 5.91 Å². The third-order valence-electron chi connectivity index (χ3n) is 3.05. The zero-order valence-corrected chi connectivity index (χ0v) is 10.6. The van der Waals surface area contributed by atoms with Crippen LogP contribution < -0.4 is 11.1 Å². The summed E-state index contributed by atoms with van der Waals surface area (Å²) in [5.74, 6) is -2.29. The highest BCUT2D eigenvalue weighted by Crippen LogP contribution is 2.13. The Morgan fingerprint density at radius 1 is 1.44 bits per heavy atom. The van der Waals surface area contributed by atoms with Crippen molar-refractivity contribution in [2.45, 2.75) is 32.2 Å². The van der Waals surface area contributed by atoms with Gasteiger partial charge in [-0.25, -0.2) is 8.78 Å². The number of amides is 1. The van der Waals surface area contributed by atoms with E-state index in [0.29, 0.717) is 13.0 Å². The van der Waals surface area contributed by atoms with Crippen LogP contribution in [0.15, 0.2) is 18.2 Å². The number of hydrogen-bond donors (Lipinski definition) is 2. The topological polar surface area (TPSA) is 55.1 Å². The van der Waals surface area contributed by atoms with Crippen molar-refractivity contribution < 1.29 is 13.6 Å². The second-order valence-corrected chi connectivity index (χ2v) is 4.56. The lowest BCUT2D eigenvalue weighted by Gasteiger charge is -2.28. The molecule has 1 unspecified atom stereocenters. The molecule has 18 heavy (non-hydrogen) atoms. The van der Waals surface area contributed by atoms with Crippen molar-refractivity contribution in [3.8, 4) is 0 Å². The van der Waals surface area contributed by atoms with E-state index >= 15 is 0 Å². The molecule has 0 saturated heterocycles. The van der Waals surface area contributed by atoms with Crippen molar-refractivity contribution in [3.63, 3.8) is 0 Å². The minimum atomic E-state index is -0.974. The van der Waals surface area contributed by atoms with Gasteiger partial charge < -0.3 is 11.1 Å². The van der Waals surface area contributed by atoms with Gasteiger partial charge in [0.1, 0.15) is 0 Å². The number of benzene rings is 1. The Morgan fingerprint density at radius 2 is 2.11 bits per heavy atom. The molecule has 5 heteroatoms. The minimum Gasteiger partial charge on any atom is -0.349 e. The van der Waals surface area contributed by atoms with E-state index in [1.165, 1.54) is 12.1 Å². The minimum absolute atomic E-state index is 0.0444. The van der Waals surface area contributed by atoms with Gasteiger partial charge in [0.15, 0.2) is 11.6 Å². The summed E-state index contributed by atoms with van der Waals surface area (Å²) < 4.78 is 26.4. The summed E-state index contributed by atoms with van der Waals surface area (Å²) in [4.78, 5) is 11.8. The highest BCUT2D eigenvalue weighted by atomic mass is 19.2. The van der Waals surface area contributed by atoms with Crippen LogP contribution in [0.2, 0.25) is 0 Å². The quantitative estimate of drug-likeness (QED) is 0.843. The fourth-order valence-corrected chi connectivity index (χ4v) is 1.52. The molecule has 100 valence electrons. The number of halogens is 2. The third kappa shape index (κ3) is 3.50. The molecule has 3 N–H and O–H groups in total. The van der Waals surface area contributed by atoms with Gasteiger partial charge in [-0.05, 0) is 19.4 Å². The van der Waals surface area contributed by atoms with Crippen molar-refractivity contribution in [3.05, 3.63) is 35.4 Å². The molecule has 1 atom stereocenters. The maximum atomic E-state index is 13.4. The number of nitrogens with one attached hydrogen (secondary N) is 1. The molecule has 0 aromatic heterocycles. The fraction of sp³-hybridized carbons (Fsp3) is 0.462. The predicted molar refractivity (Wildman–Crippen MR) is 66.0 cm³/mol. The van der Waals surface area contributed by atoms with Gasteiger partial charge in [-0.3, -0.25) is 4.79 Å². The van der Waals surface area contributed by atoms with Gasteiger partial charge in [-0.15, -0.1) is 0 Å². The summed E-state index contributed by atoms with van der Waals surface area (Å²) in [5.41, 5.74) is 5.10. The fourth-order valence-electron chi connectivity index (χ4n) is 1.52. The van der Waals surface area contributed by atoms with Crippen LogP contribution in [0.3, 0.4) is 0 Å². The lowest BCUT2D eigenvalue weighted by Crippen LogP contribution is -2.51. The first kappa shape index (κ1) is 14.6. The van der Waals surface area contributed by atoms with Crippen LogP contribution in [0, 0.1) is 11.6 Å². The van der Waals surface area contributed by atoms with Crippen LogP contribution in [0.4, 0.5) is 8.78 Å². The van der Waals surface area contributed by atoms with E-state index in [2.05, 4.69) is 5.32 Å². The maximum Gasteiger partial charge on any atom is 0.224 e. The number of nitrogens with two attached hydrogens (primary N) is 1. The molecular formula is C13H18F2N2O. The van der Waals surface area contributed by atoms with Gasteiger partial charge in [0, 0.05) is 17.6 Å². The molecule has 0 aliphatic carbocycles. The van der Waals surface area contributed by atoms with Crippen molar-refractivity contribution in [2.24, 2.45) is 5.73 Å². The molecule has 0 radical (unpaired) electrons. The molecule has 3 nitrogen and oxygen atoms in total. The standard InChI is InChI=1S/C13H18F2N2O/c1-3-13(2,8-16)17-11(18)7-9-5-4-6-10(14)12(9)15/h4-6H,3,7-8,16H2,1-2H3,(H,17,18). The molecule has 0 saturated carbocycles. The Kier molecular flexibility index (Phi) is 4.78. The molecule has 1 rings (SSSR count). The second kappa shape index (κ2) is 5.91. The van der Waals surface area contributed by atoms with Gasteiger partial charge in [0.05, 0.1) is 6.42 Å². The number of hydrogen-bond acceptors (Lipinski definition) is 2. The summed E-state index contributed by atoms with van der Waals surface area (Å²) in [6, 6.07) is 3.79. The SMILES string of the molecule is CCC(C)(CN)NC(=O)Cc1cccc(F)c1F. The Balaban J connectivity index is 2.74. The summed E-state index contributed by atoms with van der Waals surface area (Å²) in [6.07, 6.45) is 0.472. The number of rotatable bonds is 5. The Hall–Kier alpha value is -1.49. The van der Waals surface area contributed by atoms with Gasteiger partial charge in [0.2, 0.25) is 5.91 Å². The molecule has 1 aromatic rings. The van der Waals surface area contributed by atoms with Gasteiger partial charge in [0.25, 0.3) is 0 Å². The first-order valence-corrected chi connectivity index (χ1v) is 5.86. The lowest BCUT2D eigenvalue weighted by molar-refractivity contribution is -0.122. The predicted octanol–water partition coefficient (Wildman–Crippen LogP) is 1.75. The molecule has 1 aromatic carbocycles. The molecule has 0 aliphatic rings. The Morgan fingerprint density at radius 3 is 2.67 bits per heavy atom. The van der Waals surface area contributed by atoms with Crippen LogP contribution in [-0.2, 0) is 11.2 Å². The average molecular weight is 256 g/mol. The average Bonchev–Trinajstić information content (AvgIpc) is 2.34. The van der Waals surface area contributed by atoms with Crippen LogP contribution in [0.25, 0.3) is 0 Å². The second-order valence-electron chi connectivity index (χ2n) is 4.56. The molecule has 0 bridgehead atoms. The van der Waals surface area contributed by atoms with E-state index in [1.807, 2.05) is 13.8 Å².